The molecule has 0 saturated carbocycles. The Hall–Kier alpha value is -2.90. The number of carbonyl (C=O) groups excluding carboxylic acids is 1. The molecule has 30 heavy (non-hydrogen) atoms. The minimum atomic E-state index is -0.150. The quantitative estimate of drug-likeness (QED) is 0.379. The first-order valence-corrected chi connectivity index (χ1v) is 11.5. The summed E-state index contributed by atoms with van der Waals surface area (Å²) in [4.78, 5) is 18.7. The van der Waals surface area contributed by atoms with E-state index in [0.29, 0.717) is 16.5 Å². The molecule has 7 heteroatoms. The van der Waals surface area contributed by atoms with Gasteiger partial charge in [-0.15, -0.1) is 23.1 Å². The lowest BCUT2D eigenvalue weighted by molar-refractivity contribution is 0.102. The fourth-order valence-electron chi connectivity index (χ4n) is 3.07. The number of anilines is 1. The number of rotatable bonds is 6. The third kappa shape index (κ3) is 4.32. The van der Waals surface area contributed by atoms with Crippen LogP contribution in [0.1, 0.15) is 28.5 Å². The number of thioether (sulfide) groups is 1. The van der Waals surface area contributed by atoms with Crippen molar-refractivity contribution in [1.29, 1.82) is 0 Å². The van der Waals surface area contributed by atoms with E-state index in [1.54, 1.807) is 16.4 Å². The molecule has 0 atom stereocenters. The first-order chi connectivity index (χ1) is 14.5. The number of nitrogens with one attached hydrogen (secondary N) is 1. The van der Waals surface area contributed by atoms with Crippen LogP contribution in [0.3, 0.4) is 0 Å². The summed E-state index contributed by atoms with van der Waals surface area (Å²) in [6.45, 7) is 6.04. The highest BCUT2D eigenvalue weighted by Gasteiger charge is 2.17. The molecule has 2 aromatic carbocycles. The molecule has 1 amide bonds. The Labute approximate surface area is 184 Å². The number of aryl methyl sites for hydroxylation is 2. The van der Waals surface area contributed by atoms with E-state index in [9.17, 15) is 4.79 Å². The summed E-state index contributed by atoms with van der Waals surface area (Å²) in [6.07, 6.45) is 0. The van der Waals surface area contributed by atoms with Crippen LogP contribution in [0, 0.1) is 13.8 Å². The van der Waals surface area contributed by atoms with Crippen molar-refractivity contribution in [2.24, 2.45) is 0 Å². The van der Waals surface area contributed by atoms with Crippen LogP contribution in [-0.2, 0) is 0 Å². The summed E-state index contributed by atoms with van der Waals surface area (Å²) in [6, 6.07) is 17.8. The van der Waals surface area contributed by atoms with E-state index in [2.05, 4.69) is 48.5 Å². The number of aromatic nitrogens is 3. The Kier molecular flexibility index (Phi) is 6.01. The van der Waals surface area contributed by atoms with Gasteiger partial charge in [-0.3, -0.25) is 4.79 Å². The molecule has 0 aliphatic carbocycles. The number of hydrogen-bond donors (Lipinski definition) is 1. The molecule has 2 aromatic heterocycles. The molecule has 0 spiro atoms. The molecule has 0 fully saturated rings. The summed E-state index contributed by atoms with van der Waals surface area (Å²) >= 11 is 3.15. The third-order valence-electron chi connectivity index (χ3n) is 4.53. The second-order valence-electron chi connectivity index (χ2n) is 6.85. The van der Waals surface area contributed by atoms with Gasteiger partial charge in [-0.25, -0.2) is 4.98 Å². The van der Waals surface area contributed by atoms with Crippen molar-refractivity contribution in [3.63, 3.8) is 0 Å². The third-order valence-corrected chi connectivity index (χ3v) is 6.30. The van der Waals surface area contributed by atoms with E-state index in [1.807, 2.05) is 42.6 Å². The van der Waals surface area contributed by atoms with Gasteiger partial charge in [0, 0.05) is 21.9 Å². The normalized spacial score (nSPS) is 10.9. The largest absolute Gasteiger partial charge is 0.306 e. The van der Waals surface area contributed by atoms with Crippen molar-refractivity contribution in [2.45, 2.75) is 25.7 Å². The summed E-state index contributed by atoms with van der Waals surface area (Å²) < 4.78 is 1.70. The van der Waals surface area contributed by atoms with Gasteiger partial charge in [0.2, 0.25) is 5.13 Å². The zero-order valence-corrected chi connectivity index (χ0v) is 18.7. The molecule has 0 unspecified atom stereocenters. The molecule has 0 bridgehead atoms. The van der Waals surface area contributed by atoms with Crippen LogP contribution < -0.4 is 5.32 Å². The maximum atomic E-state index is 13.0. The average Bonchev–Trinajstić information content (AvgIpc) is 3.36. The molecule has 0 radical (unpaired) electrons. The Morgan fingerprint density at radius 2 is 1.90 bits per heavy atom. The molecular weight excluding hydrogens is 412 g/mol. The van der Waals surface area contributed by atoms with E-state index in [4.69, 9.17) is 4.98 Å². The van der Waals surface area contributed by atoms with Crippen LogP contribution in [0.5, 0.6) is 0 Å². The predicted molar refractivity (Wildman–Crippen MR) is 125 cm³/mol. The molecule has 0 aliphatic rings. The summed E-state index contributed by atoms with van der Waals surface area (Å²) in [5, 5.41) is 10.3. The maximum Gasteiger partial charge on any atom is 0.257 e. The number of carbonyl (C=O) groups is 1. The van der Waals surface area contributed by atoms with Crippen molar-refractivity contribution in [2.75, 3.05) is 11.1 Å². The lowest BCUT2D eigenvalue weighted by Gasteiger charge is -2.10. The number of hydrogen-bond acceptors (Lipinski definition) is 5. The maximum absolute atomic E-state index is 13.0. The SMILES string of the molecule is CCSc1ccccc1C(=O)Nc1cc(C)nn1-c1nc(-c2ccc(C)cc2)cs1. The van der Waals surface area contributed by atoms with Gasteiger partial charge in [-0.05, 0) is 31.7 Å². The van der Waals surface area contributed by atoms with Crippen LogP contribution >= 0.6 is 23.1 Å². The topological polar surface area (TPSA) is 59.8 Å². The fourth-order valence-corrected chi connectivity index (χ4v) is 4.67. The highest BCUT2D eigenvalue weighted by molar-refractivity contribution is 7.99. The first kappa shape index (κ1) is 20.4. The minimum absolute atomic E-state index is 0.150. The molecule has 4 aromatic rings. The van der Waals surface area contributed by atoms with Crippen molar-refractivity contribution >= 4 is 34.8 Å². The van der Waals surface area contributed by atoms with Gasteiger partial charge in [-0.1, -0.05) is 48.9 Å². The second kappa shape index (κ2) is 8.85. The van der Waals surface area contributed by atoms with Crippen LogP contribution in [0.4, 0.5) is 5.82 Å². The summed E-state index contributed by atoms with van der Waals surface area (Å²) in [5.74, 6) is 1.36. The van der Waals surface area contributed by atoms with E-state index in [-0.39, 0.29) is 5.91 Å². The van der Waals surface area contributed by atoms with Crippen LogP contribution in [0.25, 0.3) is 16.4 Å². The van der Waals surface area contributed by atoms with Gasteiger partial charge < -0.3 is 5.32 Å². The Morgan fingerprint density at radius 1 is 1.13 bits per heavy atom. The van der Waals surface area contributed by atoms with Crippen LogP contribution in [0.15, 0.2) is 64.9 Å². The zero-order valence-electron chi connectivity index (χ0n) is 17.0. The molecular formula is C23H22N4OS2. The molecule has 0 aliphatic heterocycles. The number of nitrogens with zero attached hydrogens (tertiary/aromatic N) is 3. The van der Waals surface area contributed by atoms with Crippen molar-refractivity contribution in [3.05, 3.63) is 76.8 Å². The second-order valence-corrected chi connectivity index (χ2v) is 8.99. The summed E-state index contributed by atoms with van der Waals surface area (Å²) in [5.41, 5.74) is 4.64. The molecule has 2 heterocycles. The first-order valence-electron chi connectivity index (χ1n) is 9.68. The van der Waals surface area contributed by atoms with Gasteiger partial charge in [-0.2, -0.15) is 9.78 Å². The highest BCUT2D eigenvalue weighted by atomic mass is 32.2. The predicted octanol–water partition coefficient (Wildman–Crippen LogP) is 5.98. The van der Waals surface area contributed by atoms with Gasteiger partial charge in [0.05, 0.1) is 17.0 Å². The number of thiazole rings is 1. The zero-order chi connectivity index (χ0) is 21.1. The van der Waals surface area contributed by atoms with E-state index in [1.165, 1.54) is 16.9 Å². The number of amides is 1. The summed E-state index contributed by atoms with van der Waals surface area (Å²) in [7, 11) is 0. The lowest BCUT2D eigenvalue weighted by atomic mass is 10.1. The Morgan fingerprint density at radius 3 is 2.67 bits per heavy atom. The van der Waals surface area contributed by atoms with E-state index >= 15 is 0 Å². The van der Waals surface area contributed by atoms with Crippen LogP contribution in [0.2, 0.25) is 0 Å². The monoisotopic (exact) mass is 434 g/mol. The van der Waals surface area contributed by atoms with Gasteiger partial charge in [0.25, 0.3) is 5.91 Å². The molecule has 4 rings (SSSR count). The van der Waals surface area contributed by atoms with Crippen molar-refractivity contribution < 1.29 is 4.79 Å². The number of benzene rings is 2. The fraction of sp³-hybridized carbons (Fsp3) is 0.174. The lowest BCUT2D eigenvalue weighted by Crippen LogP contribution is -2.16. The molecule has 0 saturated heterocycles. The standard InChI is InChI=1S/C23H22N4OS2/c1-4-29-20-8-6-5-7-18(20)22(28)25-21-13-16(3)26-27(21)23-24-19(14-30-23)17-11-9-15(2)10-12-17/h5-14H,4H2,1-3H3,(H,25,28). The molecule has 5 nitrogen and oxygen atoms in total. The van der Waals surface area contributed by atoms with Crippen molar-refractivity contribution in [3.8, 4) is 16.4 Å². The molecule has 1 N–H and O–H groups in total. The van der Waals surface area contributed by atoms with Gasteiger partial charge in [0.1, 0.15) is 5.82 Å². The highest BCUT2D eigenvalue weighted by Crippen LogP contribution is 2.28. The van der Waals surface area contributed by atoms with Crippen molar-refractivity contribution in [1.82, 2.24) is 14.8 Å². The molecule has 152 valence electrons. The minimum Gasteiger partial charge on any atom is -0.306 e. The van der Waals surface area contributed by atoms with Crippen LogP contribution in [-0.4, -0.2) is 26.4 Å². The average molecular weight is 435 g/mol. The Balaban J connectivity index is 1.62. The van der Waals surface area contributed by atoms with E-state index < -0.39 is 0 Å². The van der Waals surface area contributed by atoms with Gasteiger partial charge >= 0.3 is 0 Å². The van der Waals surface area contributed by atoms with E-state index in [0.717, 1.165) is 27.6 Å². The smallest absolute Gasteiger partial charge is 0.257 e. The Bertz CT molecular complexity index is 1180. The van der Waals surface area contributed by atoms with Gasteiger partial charge in [0.15, 0.2) is 0 Å².